The lowest BCUT2D eigenvalue weighted by Crippen LogP contribution is -2.36. The van der Waals surface area contributed by atoms with E-state index in [1.165, 1.54) is 22.3 Å². The average Bonchev–Trinajstić information content (AvgIpc) is 3.76. The number of thioether (sulfide) groups is 1. The summed E-state index contributed by atoms with van der Waals surface area (Å²) in [5.41, 5.74) is 15.6. The van der Waals surface area contributed by atoms with Crippen LogP contribution in [0.1, 0.15) is 110 Å². The highest BCUT2D eigenvalue weighted by Crippen LogP contribution is 2.34. The summed E-state index contributed by atoms with van der Waals surface area (Å²) in [7, 11) is 0. The maximum atomic E-state index is 10.1. The van der Waals surface area contributed by atoms with Gasteiger partial charge in [-0.05, 0) is 112 Å². The van der Waals surface area contributed by atoms with Crippen molar-refractivity contribution in [3.05, 3.63) is 68.8 Å². The van der Waals surface area contributed by atoms with E-state index in [1.54, 1.807) is 11.8 Å². The van der Waals surface area contributed by atoms with Crippen LogP contribution in [-0.4, -0.2) is 66.8 Å². The molecular formula is C38H50N4O4S. The number of nitrogens with one attached hydrogen (secondary N) is 2. The molecule has 4 N–H and O–H groups in total. The molecule has 3 aliphatic rings. The fourth-order valence-electron chi connectivity index (χ4n) is 7.19. The SMILES string of the molecule is CCc1c(C)c2cc3[nH]c(cc4nc(c(C)c5nc(cc1[nH]2)C(C)=C5)CC4C)c(C)c3C(C)OCCCSC1CC(O)C[C@@H](CO)O1. The number of hydrogen-bond donors (Lipinski definition) is 4. The van der Waals surface area contributed by atoms with Crippen molar-refractivity contribution in [3.8, 4) is 0 Å². The molecule has 8 bridgehead atoms. The molecule has 47 heavy (non-hydrogen) atoms. The molecule has 0 aromatic carbocycles. The molecule has 3 aromatic rings. The Labute approximate surface area is 282 Å². The lowest BCUT2D eigenvalue weighted by molar-refractivity contribution is -0.0783. The number of aromatic amines is 2. The Balaban J connectivity index is 1.37. The standard InChI is InChI=1S/C38H50N4O4S/c1-8-28-22(4)33-18-36-38(25(7)45-10-9-11-47-37-15-26(44)14-27(19-43)46-37)24(6)34(42-36)16-29-20(2)12-31(39-29)23(5)32-13-21(3)30(40-32)17-35(28)41-33/h13,16-18,20,25-27,37,41-44H,8-12,14-15,19H2,1-7H3/t20?,25?,26?,27-,37?/m0/s1. The second-order valence-corrected chi connectivity index (χ2v) is 14.8. The van der Waals surface area contributed by atoms with E-state index in [0.29, 0.717) is 25.4 Å². The molecular weight excluding hydrogens is 609 g/mol. The van der Waals surface area contributed by atoms with E-state index in [2.05, 4.69) is 82.7 Å². The van der Waals surface area contributed by atoms with Gasteiger partial charge in [-0.2, -0.15) is 0 Å². The summed E-state index contributed by atoms with van der Waals surface area (Å²) in [5, 5.41) is 19.6. The Morgan fingerprint density at radius 3 is 2.53 bits per heavy atom. The molecule has 252 valence electrons. The van der Waals surface area contributed by atoms with Crippen molar-refractivity contribution in [3.63, 3.8) is 0 Å². The highest BCUT2D eigenvalue weighted by atomic mass is 32.2. The van der Waals surface area contributed by atoms with Crippen molar-refractivity contribution in [1.82, 2.24) is 19.9 Å². The van der Waals surface area contributed by atoms with Gasteiger partial charge in [0.2, 0.25) is 0 Å². The highest BCUT2D eigenvalue weighted by molar-refractivity contribution is 7.99. The molecule has 4 unspecified atom stereocenters. The molecule has 0 spiro atoms. The number of nitrogens with zero attached hydrogens (tertiary/aromatic N) is 2. The van der Waals surface area contributed by atoms with Gasteiger partial charge >= 0.3 is 0 Å². The third kappa shape index (κ3) is 7.10. The number of H-pyrrole nitrogens is 2. The minimum Gasteiger partial charge on any atom is -0.394 e. The maximum Gasteiger partial charge on any atom is 0.106 e. The van der Waals surface area contributed by atoms with Gasteiger partial charge in [0.05, 0.1) is 36.3 Å². The van der Waals surface area contributed by atoms with Crippen LogP contribution in [0.2, 0.25) is 0 Å². The normalized spacial score (nSPS) is 22.0. The molecule has 0 aliphatic carbocycles. The van der Waals surface area contributed by atoms with E-state index in [9.17, 15) is 10.2 Å². The number of fused-ring (bicyclic) bond motifs is 8. The fourth-order valence-corrected chi connectivity index (χ4v) is 8.33. The first kappa shape index (κ1) is 33.9. The lowest BCUT2D eigenvalue weighted by Gasteiger charge is -2.31. The first-order valence-corrected chi connectivity index (χ1v) is 18.2. The van der Waals surface area contributed by atoms with Crippen LogP contribution in [0.25, 0.3) is 33.7 Å². The minimum atomic E-state index is -0.418. The minimum absolute atomic E-state index is 0.0551. The summed E-state index contributed by atoms with van der Waals surface area (Å²) in [6.45, 7) is 15.8. The van der Waals surface area contributed by atoms with E-state index in [4.69, 9.17) is 19.4 Å². The molecule has 0 saturated carbocycles. The van der Waals surface area contributed by atoms with Crippen LogP contribution in [0.4, 0.5) is 0 Å². The molecule has 9 heteroatoms. The van der Waals surface area contributed by atoms with Gasteiger partial charge in [-0.3, -0.25) is 4.98 Å². The van der Waals surface area contributed by atoms with E-state index in [1.807, 2.05) is 0 Å². The summed E-state index contributed by atoms with van der Waals surface area (Å²) in [4.78, 5) is 17.7. The molecule has 8 nitrogen and oxygen atoms in total. The van der Waals surface area contributed by atoms with E-state index < -0.39 is 6.10 Å². The Bertz CT molecular complexity index is 1830. The smallest absolute Gasteiger partial charge is 0.106 e. The molecule has 1 fully saturated rings. The van der Waals surface area contributed by atoms with Gasteiger partial charge in [-0.25, -0.2) is 4.98 Å². The molecule has 6 heterocycles. The van der Waals surface area contributed by atoms with Crippen LogP contribution in [-0.2, 0) is 22.3 Å². The van der Waals surface area contributed by atoms with Gasteiger partial charge in [0.1, 0.15) is 5.44 Å². The third-order valence-corrected chi connectivity index (χ3v) is 11.2. The largest absolute Gasteiger partial charge is 0.394 e. The van der Waals surface area contributed by atoms with Gasteiger partial charge in [-0.15, -0.1) is 11.8 Å². The Morgan fingerprint density at radius 1 is 1.00 bits per heavy atom. The molecule has 0 amide bonds. The zero-order valence-electron chi connectivity index (χ0n) is 28.9. The van der Waals surface area contributed by atoms with Crippen LogP contribution in [0, 0.1) is 20.8 Å². The van der Waals surface area contributed by atoms with Crippen molar-refractivity contribution < 1.29 is 19.7 Å². The van der Waals surface area contributed by atoms with E-state index in [-0.39, 0.29) is 24.3 Å². The number of ether oxygens (including phenoxy) is 2. The molecule has 6 rings (SSSR count). The monoisotopic (exact) mass is 658 g/mol. The fraction of sp³-hybridized carbons (Fsp3) is 0.526. The number of aliphatic hydroxyl groups is 2. The van der Waals surface area contributed by atoms with E-state index >= 15 is 0 Å². The van der Waals surface area contributed by atoms with Gasteiger partial charge < -0.3 is 29.7 Å². The molecule has 0 radical (unpaired) electrons. The average molecular weight is 659 g/mol. The predicted octanol–water partition coefficient (Wildman–Crippen LogP) is 7.77. The summed E-state index contributed by atoms with van der Waals surface area (Å²) in [6.07, 6.45) is 5.15. The summed E-state index contributed by atoms with van der Waals surface area (Å²) >= 11 is 1.69. The van der Waals surface area contributed by atoms with Crippen molar-refractivity contribution >= 4 is 45.5 Å². The van der Waals surface area contributed by atoms with Crippen LogP contribution in [0.3, 0.4) is 0 Å². The van der Waals surface area contributed by atoms with Gasteiger partial charge in [0, 0.05) is 64.4 Å². The van der Waals surface area contributed by atoms with Gasteiger partial charge in [0.15, 0.2) is 0 Å². The zero-order valence-corrected chi connectivity index (χ0v) is 29.7. The van der Waals surface area contributed by atoms with Crippen molar-refractivity contribution in [2.24, 2.45) is 0 Å². The Hall–Kier alpha value is -2.95. The molecule has 1 saturated heterocycles. The summed E-state index contributed by atoms with van der Waals surface area (Å²) in [5.74, 6) is 1.17. The number of allylic oxidation sites excluding steroid dienone is 1. The Morgan fingerprint density at radius 2 is 1.77 bits per heavy atom. The molecule has 3 aliphatic heterocycles. The van der Waals surface area contributed by atoms with Crippen LogP contribution < -0.4 is 0 Å². The van der Waals surface area contributed by atoms with Crippen LogP contribution in [0.5, 0.6) is 0 Å². The first-order valence-electron chi connectivity index (χ1n) is 17.1. The maximum absolute atomic E-state index is 10.1. The highest BCUT2D eigenvalue weighted by Gasteiger charge is 2.28. The summed E-state index contributed by atoms with van der Waals surface area (Å²) in [6, 6.07) is 6.66. The second-order valence-electron chi connectivity index (χ2n) is 13.5. The zero-order chi connectivity index (χ0) is 33.4. The van der Waals surface area contributed by atoms with E-state index in [0.717, 1.165) is 81.0 Å². The predicted molar refractivity (Wildman–Crippen MR) is 193 cm³/mol. The topological polar surface area (TPSA) is 116 Å². The number of rotatable bonds is 9. The second kappa shape index (κ2) is 14.3. The third-order valence-electron chi connectivity index (χ3n) is 10.0. The first-order chi connectivity index (χ1) is 22.6. The molecule has 3 aromatic heterocycles. The number of aromatic nitrogens is 4. The summed E-state index contributed by atoms with van der Waals surface area (Å²) < 4.78 is 12.4. The number of aryl methyl sites for hydroxylation is 3. The van der Waals surface area contributed by atoms with Gasteiger partial charge in [-0.1, -0.05) is 13.8 Å². The quantitative estimate of drug-likeness (QED) is 0.174. The van der Waals surface area contributed by atoms with Crippen LogP contribution >= 0.6 is 11.8 Å². The van der Waals surface area contributed by atoms with Crippen molar-refractivity contribution in [2.45, 2.75) is 110 Å². The molecule has 5 atom stereocenters. The number of aliphatic hydroxyl groups excluding tert-OH is 2. The van der Waals surface area contributed by atoms with Crippen LogP contribution in [0.15, 0.2) is 18.2 Å². The lowest BCUT2D eigenvalue weighted by atomic mass is 10.0. The number of hydrogen-bond acceptors (Lipinski definition) is 7. The van der Waals surface area contributed by atoms with Crippen molar-refractivity contribution in [1.29, 1.82) is 0 Å². The van der Waals surface area contributed by atoms with Gasteiger partial charge in [0.25, 0.3) is 0 Å². The van der Waals surface area contributed by atoms with Crippen molar-refractivity contribution in [2.75, 3.05) is 19.0 Å². The Kier molecular flexibility index (Phi) is 10.3.